The molecule has 0 unspecified atom stereocenters. The quantitative estimate of drug-likeness (QED) is 0.589. The first-order valence-electron chi connectivity index (χ1n) is 7.56. The van der Waals surface area contributed by atoms with Crippen LogP contribution in [0.2, 0.25) is 15.1 Å². The summed E-state index contributed by atoms with van der Waals surface area (Å²) < 4.78 is 5.51. The predicted molar refractivity (Wildman–Crippen MR) is 104 cm³/mol. The van der Waals surface area contributed by atoms with Crippen molar-refractivity contribution in [1.82, 2.24) is 9.97 Å². The summed E-state index contributed by atoms with van der Waals surface area (Å²) in [5.74, 6) is -0.187. The van der Waals surface area contributed by atoms with Gasteiger partial charge in [0.1, 0.15) is 0 Å². The molecule has 3 rings (SSSR count). The number of hydrogen-bond donors (Lipinski definition) is 3. The van der Waals surface area contributed by atoms with Crippen LogP contribution < -0.4 is 15.7 Å². The molecule has 0 saturated carbocycles. The molecule has 136 valence electrons. The predicted octanol–water partition coefficient (Wildman–Crippen LogP) is 4.45. The number of imidazole rings is 1. The first-order chi connectivity index (χ1) is 12.3. The standard InChI is InChI=1S/C17H14Cl3N3O3/c1-7-13(18)8(2)15(20)16(14(7)19)26-6-12(24)21-9-3-4-10-11(5-9)23-17(25)22-10/h3-5H,6H2,1-2H3,(H,21,24)(H2,22,23,25). The largest absolute Gasteiger partial charge is 0.481 e. The van der Waals surface area contributed by atoms with Gasteiger partial charge in [0.05, 0.1) is 21.1 Å². The second-order valence-electron chi connectivity index (χ2n) is 5.70. The Hall–Kier alpha value is -2.15. The molecule has 0 aliphatic rings. The van der Waals surface area contributed by atoms with Crippen LogP contribution in [0.4, 0.5) is 5.69 Å². The highest BCUT2D eigenvalue weighted by atomic mass is 35.5. The first kappa shape index (κ1) is 18.6. The molecule has 6 nitrogen and oxygen atoms in total. The number of aromatic amines is 2. The smallest absolute Gasteiger partial charge is 0.323 e. The van der Waals surface area contributed by atoms with Gasteiger partial charge >= 0.3 is 5.69 Å². The third kappa shape index (κ3) is 3.53. The molecular formula is C17H14Cl3N3O3. The number of H-pyrrole nitrogens is 2. The monoisotopic (exact) mass is 413 g/mol. The number of benzene rings is 2. The minimum atomic E-state index is -0.403. The van der Waals surface area contributed by atoms with Crippen molar-refractivity contribution in [2.24, 2.45) is 0 Å². The molecule has 2 aromatic carbocycles. The van der Waals surface area contributed by atoms with E-state index in [1.807, 2.05) is 0 Å². The zero-order valence-electron chi connectivity index (χ0n) is 13.8. The second kappa shape index (κ2) is 7.23. The number of rotatable bonds is 4. The highest BCUT2D eigenvalue weighted by molar-refractivity contribution is 6.42. The van der Waals surface area contributed by atoms with Crippen LogP contribution in [0, 0.1) is 13.8 Å². The maximum absolute atomic E-state index is 12.2. The number of carbonyl (C=O) groups is 1. The maximum Gasteiger partial charge on any atom is 0.323 e. The number of halogens is 3. The van der Waals surface area contributed by atoms with Gasteiger partial charge in [0.15, 0.2) is 12.4 Å². The summed E-state index contributed by atoms with van der Waals surface area (Å²) in [6, 6.07) is 4.99. The SMILES string of the molecule is Cc1c(Cl)c(C)c(Cl)c(OCC(=O)Nc2ccc3[nH]c(=O)[nH]c3c2)c1Cl. The summed E-state index contributed by atoms with van der Waals surface area (Å²) in [5, 5.41) is 3.68. The highest BCUT2D eigenvalue weighted by Gasteiger charge is 2.18. The Labute approximate surface area is 163 Å². The summed E-state index contributed by atoms with van der Waals surface area (Å²) in [4.78, 5) is 28.7. The van der Waals surface area contributed by atoms with Gasteiger partial charge in [0.25, 0.3) is 5.91 Å². The van der Waals surface area contributed by atoms with E-state index in [1.165, 1.54) is 0 Å². The minimum Gasteiger partial charge on any atom is -0.481 e. The molecule has 3 N–H and O–H groups in total. The molecule has 0 radical (unpaired) electrons. The molecule has 0 bridgehead atoms. The van der Waals surface area contributed by atoms with Crippen LogP contribution in [0.25, 0.3) is 11.0 Å². The van der Waals surface area contributed by atoms with Gasteiger partial charge in [-0.05, 0) is 43.2 Å². The zero-order chi connectivity index (χ0) is 19.0. The topological polar surface area (TPSA) is 87.0 Å². The van der Waals surface area contributed by atoms with Crippen LogP contribution in [0.15, 0.2) is 23.0 Å². The maximum atomic E-state index is 12.2. The van der Waals surface area contributed by atoms with Crippen LogP contribution in [0.3, 0.4) is 0 Å². The Balaban J connectivity index is 1.73. The summed E-state index contributed by atoms with van der Waals surface area (Å²) in [7, 11) is 0. The average Bonchev–Trinajstić information content (AvgIpc) is 2.97. The van der Waals surface area contributed by atoms with Crippen molar-refractivity contribution in [3.63, 3.8) is 0 Å². The number of nitrogens with one attached hydrogen (secondary N) is 3. The van der Waals surface area contributed by atoms with Crippen LogP contribution in [-0.4, -0.2) is 22.5 Å². The summed E-state index contributed by atoms with van der Waals surface area (Å²) in [5.41, 5.74) is 2.70. The molecule has 0 saturated heterocycles. The third-order valence-electron chi connectivity index (χ3n) is 3.86. The number of carbonyl (C=O) groups excluding carboxylic acids is 1. The number of anilines is 1. The van der Waals surface area contributed by atoms with Crippen molar-refractivity contribution in [1.29, 1.82) is 0 Å². The molecule has 0 atom stereocenters. The molecule has 1 amide bonds. The number of aromatic nitrogens is 2. The molecule has 3 aromatic rings. The molecule has 26 heavy (non-hydrogen) atoms. The lowest BCUT2D eigenvalue weighted by Crippen LogP contribution is -2.20. The van der Waals surface area contributed by atoms with Crippen molar-refractivity contribution in [2.45, 2.75) is 13.8 Å². The lowest BCUT2D eigenvalue weighted by atomic mass is 10.1. The van der Waals surface area contributed by atoms with Crippen LogP contribution >= 0.6 is 34.8 Å². The minimum absolute atomic E-state index is 0.216. The molecule has 9 heteroatoms. The van der Waals surface area contributed by atoms with Crippen molar-refractivity contribution in [3.8, 4) is 5.75 Å². The van der Waals surface area contributed by atoms with Gasteiger partial charge in [0, 0.05) is 10.7 Å². The van der Waals surface area contributed by atoms with E-state index in [1.54, 1.807) is 32.0 Å². The van der Waals surface area contributed by atoms with Gasteiger partial charge in [-0.15, -0.1) is 0 Å². The van der Waals surface area contributed by atoms with E-state index in [2.05, 4.69) is 15.3 Å². The van der Waals surface area contributed by atoms with Crippen molar-refractivity contribution < 1.29 is 9.53 Å². The number of fused-ring (bicyclic) bond motifs is 1. The number of amides is 1. The van der Waals surface area contributed by atoms with E-state index in [-0.39, 0.29) is 28.1 Å². The van der Waals surface area contributed by atoms with E-state index in [4.69, 9.17) is 39.5 Å². The Bertz CT molecular complexity index is 1040. The van der Waals surface area contributed by atoms with Gasteiger partial charge in [-0.25, -0.2) is 4.79 Å². The zero-order valence-corrected chi connectivity index (χ0v) is 16.1. The van der Waals surface area contributed by atoms with Gasteiger partial charge in [-0.1, -0.05) is 34.8 Å². The van der Waals surface area contributed by atoms with Crippen LogP contribution in [0.5, 0.6) is 5.75 Å². The van der Waals surface area contributed by atoms with Gasteiger partial charge in [-0.2, -0.15) is 0 Å². The molecular weight excluding hydrogens is 401 g/mol. The second-order valence-corrected chi connectivity index (χ2v) is 6.83. The van der Waals surface area contributed by atoms with E-state index >= 15 is 0 Å². The Kier molecular flexibility index (Phi) is 5.18. The van der Waals surface area contributed by atoms with Crippen molar-refractivity contribution >= 4 is 57.4 Å². The van der Waals surface area contributed by atoms with Crippen LogP contribution in [-0.2, 0) is 4.79 Å². The lowest BCUT2D eigenvalue weighted by molar-refractivity contribution is -0.118. The van der Waals surface area contributed by atoms with E-state index in [0.717, 1.165) is 0 Å². The van der Waals surface area contributed by atoms with E-state index < -0.39 is 5.91 Å². The van der Waals surface area contributed by atoms with E-state index in [9.17, 15) is 9.59 Å². The van der Waals surface area contributed by atoms with Gasteiger partial charge in [0.2, 0.25) is 0 Å². The van der Waals surface area contributed by atoms with Crippen molar-refractivity contribution in [3.05, 3.63) is 54.9 Å². The molecule has 1 heterocycles. The van der Waals surface area contributed by atoms with Crippen molar-refractivity contribution in [2.75, 3.05) is 11.9 Å². The molecule has 0 aliphatic carbocycles. The Morgan fingerprint density at radius 3 is 2.31 bits per heavy atom. The fraction of sp³-hybridized carbons (Fsp3) is 0.176. The van der Waals surface area contributed by atoms with Crippen LogP contribution in [0.1, 0.15) is 11.1 Å². The highest BCUT2D eigenvalue weighted by Crippen LogP contribution is 2.42. The summed E-state index contributed by atoms with van der Waals surface area (Å²) >= 11 is 18.6. The number of ether oxygens (including phenoxy) is 1. The lowest BCUT2D eigenvalue weighted by Gasteiger charge is -2.15. The molecule has 1 aromatic heterocycles. The molecule has 0 aliphatic heterocycles. The summed E-state index contributed by atoms with van der Waals surface area (Å²) in [6.45, 7) is 3.20. The fourth-order valence-corrected chi connectivity index (χ4v) is 3.30. The van der Waals surface area contributed by atoms with Gasteiger partial charge in [-0.3, -0.25) is 4.79 Å². The van der Waals surface area contributed by atoms with E-state index in [0.29, 0.717) is 32.9 Å². The number of hydrogen-bond acceptors (Lipinski definition) is 3. The fourth-order valence-electron chi connectivity index (χ4n) is 2.48. The normalized spacial score (nSPS) is 11.0. The Morgan fingerprint density at radius 1 is 1.04 bits per heavy atom. The Morgan fingerprint density at radius 2 is 1.65 bits per heavy atom. The first-order valence-corrected chi connectivity index (χ1v) is 8.69. The third-order valence-corrected chi connectivity index (χ3v) is 5.34. The molecule has 0 fully saturated rings. The van der Waals surface area contributed by atoms with Gasteiger partial charge < -0.3 is 20.0 Å². The summed E-state index contributed by atoms with van der Waals surface area (Å²) in [6.07, 6.45) is 0. The average molecular weight is 415 g/mol. The molecule has 0 spiro atoms.